The van der Waals surface area contributed by atoms with Gasteiger partial charge in [0.05, 0.1) is 11.6 Å². The highest BCUT2D eigenvalue weighted by Crippen LogP contribution is 2.70. The molecule has 1 spiro atoms. The molecular weight excluding hydrogens is 729 g/mol. The molecule has 0 radical (unpaired) electrons. The molecular formula is C56H42N4. The molecule has 1 aromatic heterocycles. The van der Waals surface area contributed by atoms with Crippen LogP contribution in [0.4, 0.5) is 0 Å². The minimum atomic E-state index is 0.0226. The standard InChI is InChI=1S/C56H42N4/c57-34-44-14-7-8-15-47(44)38-20-22-39(23-21-38)48-16-9-17-49-50-33-43(26-27-51(50)56(52(48)49)45-29-35-28-36(31-45)32-46(56)30-35)37-18-24-42(25-19-37)55-59-53(40-10-3-1-4-11-40)58-54(60-55)41-12-5-2-6-13-41/h1-27,33,35-36,45-46H,28-32H2. The van der Waals surface area contributed by atoms with Crippen LogP contribution in [0.1, 0.15) is 48.8 Å². The van der Waals surface area contributed by atoms with Crippen LogP contribution in [0, 0.1) is 35.0 Å². The molecule has 13 rings (SSSR count). The molecule has 0 amide bonds. The Hall–Kier alpha value is -6.96. The van der Waals surface area contributed by atoms with Crippen LogP contribution in [-0.4, -0.2) is 15.0 Å². The summed E-state index contributed by atoms with van der Waals surface area (Å²) in [5, 5.41) is 9.83. The summed E-state index contributed by atoms with van der Waals surface area (Å²) in [6.07, 6.45) is 6.77. The number of hydrogen-bond acceptors (Lipinski definition) is 4. The Balaban J connectivity index is 0.953. The van der Waals surface area contributed by atoms with Crippen molar-refractivity contribution in [3.63, 3.8) is 0 Å². The van der Waals surface area contributed by atoms with Crippen molar-refractivity contribution in [3.05, 3.63) is 187 Å². The zero-order valence-electron chi connectivity index (χ0n) is 33.3. The van der Waals surface area contributed by atoms with Crippen LogP contribution in [-0.2, 0) is 5.41 Å². The van der Waals surface area contributed by atoms with E-state index in [1.54, 1.807) is 11.1 Å². The quantitative estimate of drug-likeness (QED) is 0.169. The third-order valence-corrected chi connectivity index (χ3v) is 14.4. The van der Waals surface area contributed by atoms with Gasteiger partial charge >= 0.3 is 0 Å². The molecule has 4 nitrogen and oxygen atoms in total. The summed E-state index contributed by atoms with van der Waals surface area (Å²) >= 11 is 0. The van der Waals surface area contributed by atoms with E-state index in [0.717, 1.165) is 39.7 Å². The fourth-order valence-electron chi connectivity index (χ4n) is 12.1. The Bertz CT molecular complexity index is 2900. The van der Waals surface area contributed by atoms with Crippen molar-refractivity contribution in [1.29, 1.82) is 5.26 Å². The van der Waals surface area contributed by atoms with Crippen molar-refractivity contribution < 1.29 is 0 Å². The first-order valence-electron chi connectivity index (χ1n) is 21.5. The lowest BCUT2D eigenvalue weighted by Gasteiger charge is -2.61. The van der Waals surface area contributed by atoms with Gasteiger partial charge in [-0.05, 0) is 124 Å². The average molecular weight is 771 g/mol. The highest BCUT2D eigenvalue weighted by atomic mass is 15.0. The van der Waals surface area contributed by atoms with Crippen LogP contribution >= 0.6 is 0 Å². The maximum Gasteiger partial charge on any atom is 0.164 e. The molecule has 1 heterocycles. The number of aromatic nitrogens is 3. The minimum absolute atomic E-state index is 0.0226. The van der Waals surface area contributed by atoms with Gasteiger partial charge in [-0.25, -0.2) is 15.0 Å². The summed E-state index contributed by atoms with van der Waals surface area (Å²) in [5.41, 5.74) is 16.6. The van der Waals surface area contributed by atoms with Gasteiger partial charge in [-0.1, -0.05) is 158 Å². The van der Waals surface area contributed by atoms with Gasteiger partial charge in [0.1, 0.15) is 0 Å². The second kappa shape index (κ2) is 13.8. The van der Waals surface area contributed by atoms with Gasteiger partial charge in [0.25, 0.3) is 0 Å². The first-order chi connectivity index (χ1) is 29.6. The number of nitriles is 1. The van der Waals surface area contributed by atoms with E-state index >= 15 is 0 Å². The highest BCUT2D eigenvalue weighted by molar-refractivity contribution is 5.91. The minimum Gasteiger partial charge on any atom is -0.208 e. The van der Waals surface area contributed by atoms with E-state index in [4.69, 9.17) is 15.0 Å². The van der Waals surface area contributed by atoms with Crippen molar-refractivity contribution in [2.45, 2.75) is 37.5 Å². The lowest BCUT2D eigenvalue weighted by atomic mass is 9.42. The molecule has 0 saturated heterocycles. The fourth-order valence-corrected chi connectivity index (χ4v) is 12.1. The molecule has 5 aliphatic rings. The highest BCUT2D eigenvalue weighted by Gasteiger charge is 2.62. The summed E-state index contributed by atoms with van der Waals surface area (Å²) in [5.74, 6) is 5.04. The van der Waals surface area contributed by atoms with Crippen molar-refractivity contribution in [2.24, 2.45) is 23.7 Å². The maximum atomic E-state index is 9.83. The second-order valence-corrected chi connectivity index (χ2v) is 17.5. The molecule has 4 saturated carbocycles. The molecule has 5 aliphatic carbocycles. The van der Waals surface area contributed by atoms with Gasteiger partial charge < -0.3 is 0 Å². The number of fused-ring (bicyclic) bond motifs is 3. The molecule has 4 bridgehead atoms. The first-order valence-corrected chi connectivity index (χ1v) is 21.5. The van der Waals surface area contributed by atoms with Gasteiger partial charge in [-0.2, -0.15) is 5.26 Å². The normalized spacial score (nSPS) is 21.7. The Morgan fingerprint density at radius 3 is 1.47 bits per heavy atom. The van der Waals surface area contributed by atoms with Crippen LogP contribution < -0.4 is 0 Å². The summed E-state index contributed by atoms with van der Waals surface area (Å²) in [7, 11) is 0. The van der Waals surface area contributed by atoms with Gasteiger partial charge in [0, 0.05) is 22.1 Å². The van der Waals surface area contributed by atoms with Crippen molar-refractivity contribution in [3.8, 4) is 84.7 Å². The van der Waals surface area contributed by atoms with E-state index in [2.05, 4.69) is 97.1 Å². The fraction of sp³-hybridized carbons (Fsp3) is 0.179. The van der Waals surface area contributed by atoms with E-state index < -0.39 is 0 Å². The second-order valence-electron chi connectivity index (χ2n) is 17.5. The van der Waals surface area contributed by atoms with Gasteiger partial charge in [-0.3, -0.25) is 0 Å². The smallest absolute Gasteiger partial charge is 0.164 e. The molecule has 0 N–H and O–H groups in total. The molecule has 60 heavy (non-hydrogen) atoms. The third kappa shape index (κ3) is 5.46. The number of rotatable bonds is 6. The molecule has 286 valence electrons. The van der Waals surface area contributed by atoms with Gasteiger partial charge in [0.2, 0.25) is 0 Å². The van der Waals surface area contributed by atoms with Gasteiger partial charge in [0.15, 0.2) is 17.5 Å². The molecule has 8 aromatic rings. The maximum absolute atomic E-state index is 9.83. The largest absolute Gasteiger partial charge is 0.208 e. The molecule has 0 aliphatic heterocycles. The molecule has 4 heteroatoms. The topological polar surface area (TPSA) is 62.5 Å². The van der Waals surface area contributed by atoms with E-state index in [9.17, 15) is 5.26 Å². The predicted octanol–water partition coefficient (Wildman–Crippen LogP) is 13.5. The Labute approximate surface area is 351 Å². The predicted molar refractivity (Wildman–Crippen MR) is 240 cm³/mol. The summed E-state index contributed by atoms with van der Waals surface area (Å²) < 4.78 is 0. The van der Waals surface area contributed by atoms with Crippen LogP contribution in [0.5, 0.6) is 0 Å². The van der Waals surface area contributed by atoms with Crippen LogP contribution in [0.25, 0.3) is 78.7 Å². The zero-order valence-corrected chi connectivity index (χ0v) is 33.3. The van der Waals surface area contributed by atoms with Crippen molar-refractivity contribution in [1.82, 2.24) is 15.0 Å². The number of hydrogen-bond donors (Lipinski definition) is 0. The van der Waals surface area contributed by atoms with Gasteiger partial charge in [-0.15, -0.1) is 0 Å². The number of benzene rings is 7. The van der Waals surface area contributed by atoms with Crippen LogP contribution in [0.3, 0.4) is 0 Å². The van der Waals surface area contributed by atoms with E-state index in [-0.39, 0.29) is 5.41 Å². The van der Waals surface area contributed by atoms with E-state index in [0.29, 0.717) is 34.9 Å². The first kappa shape index (κ1) is 35.0. The Kier molecular flexibility index (Phi) is 8.07. The SMILES string of the molecule is N#Cc1ccccc1-c1ccc(-c2cccc3c2C2(c4ccc(-c5ccc(-c6nc(-c7ccccc7)nc(-c7ccccc7)n6)cc5)cc4-3)C3CC4CC(C3)CC2C4)cc1. The molecule has 0 unspecified atom stereocenters. The van der Waals surface area contributed by atoms with Crippen molar-refractivity contribution in [2.75, 3.05) is 0 Å². The Morgan fingerprint density at radius 1 is 0.400 bits per heavy atom. The van der Waals surface area contributed by atoms with Crippen LogP contribution in [0.15, 0.2) is 170 Å². The zero-order chi connectivity index (χ0) is 39.8. The Morgan fingerprint density at radius 2 is 0.867 bits per heavy atom. The van der Waals surface area contributed by atoms with E-state index in [1.807, 2.05) is 78.9 Å². The summed E-state index contributed by atoms with van der Waals surface area (Å²) in [4.78, 5) is 14.9. The third-order valence-electron chi connectivity index (χ3n) is 14.4. The summed E-state index contributed by atoms with van der Waals surface area (Å²) in [6, 6.07) is 62.8. The average Bonchev–Trinajstić information content (AvgIpc) is 3.61. The molecule has 7 aromatic carbocycles. The van der Waals surface area contributed by atoms with Crippen LogP contribution in [0.2, 0.25) is 0 Å². The monoisotopic (exact) mass is 770 g/mol. The van der Waals surface area contributed by atoms with Crippen molar-refractivity contribution >= 4 is 0 Å². The molecule has 4 fully saturated rings. The number of nitrogens with zero attached hydrogens (tertiary/aromatic N) is 4. The molecule has 0 atom stereocenters. The van der Waals surface area contributed by atoms with E-state index in [1.165, 1.54) is 65.5 Å². The lowest BCUT2D eigenvalue weighted by Crippen LogP contribution is -2.55. The summed E-state index contributed by atoms with van der Waals surface area (Å²) in [6.45, 7) is 0. The lowest BCUT2D eigenvalue weighted by molar-refractivity contribution is -0.0397.